The summed E-state index contributed by atoms with van der Waals surface area (Å²) >= 11 is 0. The first kappa shape index (κ1) is 18.0. The summed E-state index contributed by atoms with van der Waals surface area (Å²) in [7, 11) is 0. The average molecular weight is 356 g/mol. The average Bonchev–Trinajstić information content (AvgIpc) is 2.54. The molecule has 0 saturated heterocycles. The van der Waals surface area contributed by atoms with E-state index in [1.807, 2.05) is 0 Å². The number of nitrogens with zero attached hydrogens (tertiary/aromatic N) is 1. The smallest absolute Gasteiger partial charge is 0.387 e. The van der Waals surface area contributed by atoms with Crippen LogP contribution in [0.5, 0.6) is 11.5 Å². The van der Waals surface area contributed by atoms with Gasteiger partial charge in [0.25, 0.3) is 5.91 Å². The van der Waals surface area contributed by atoms with Crippen molar-refractivity contribution in [2.45, 2.75) is 6.61 Å². The number of nitrogens with one attached hydrogen (secondary N) is 1. The van der Waals surface area contributed by atoms with Crippen LogP contribution in [0.4, 0.5) is 24.5 Å². The molecule has 0 saturated carbocycles. The maximum absolute atomic E-state index is 13.2. The lowest BCUT2D eigenvalue weighted by molar-refractivity contribution is -0.385. The molecule has 0 bridgehead atoms. The van der Waals surface area contributed by atoms with Gasteiger partial charge in [-0.25, -0.2) is 4.39 Å². The van der Waals surface area contributed by atoms with Crippen molar-refractivity contribution in [3.63, 3.8) is 0 Å². The number of ether oxygens (including phenoxy) is 2. The van der Waals surface area contributed by atoms with E-state index in [9.17, 15) is 28.1 Å². The van der Waals surface area contributed by atoms with Crippen LogP contribution in [0, 0.1) is 15.9 Å². The second-order valence-corrected chi connectivity index (χ2v) is 4.58. The van der Waals surface area contributed by atoms with E-state index in [0.717, 1.165) is 18.2 Å². The first-order valence-electron chi connectivity index (χ1n) is 6.77. The zero-order valence-electron chi connectivity index (χ0n) is 12.4. The van der Waals surface area contributed by atoms with Crippen molar-refractivity contribution in [3.05, 3.63) is 58.4 Å². The number of rotatable bonds is 7. The Kier molecular flexibility index (Phi) is 5.77. The van der Waals surface area contributed by atoms with Crippen LogP contribution in [0.2, 0.25) is 0 Å². The lowest BCUT2D eigenvalue weighted by Gasteiger charge is -2.12. The van der Waals surface area contributed by atoms with Crippen LogP contribution in [0.15, 0.2) is 42.5 Å². The Balaban J connectivity index is 2.05. The molecule has 0 aliphatic heterocycles. The number of alkyl halides is 2. The molecule has 0 radical (unpaired) electrons. The first-order valence-corrected chi connectivity index (χ1v) is 6.77. The monoisotopic (exact) mass is 356 g/mol. The van der Waals surface area contributed by atoms with E-state index in [2.05, 4.69) is 10.1 Å². The van der Waals surface area contributed by atoms with Crippen molar-refractivity contribution in [1.29, 1.82) is 0 Å². The molecule has 0 spiro atoms. The number of benzene rings is 2. The van der Waals surface area contributed by atoms with Gasteiger partial charge in [0, 0.05) is 12.1 Å². The molecule has 0 heterocycles. The number of para-hydroxylation sites is 2. The Morgan fingerprint density at radius 3 is 2.60 bits per heavy atom. The highest BCUT2D eigenvalue weighted by molar-refractivity contribution is 5.93. The Hall–Kier alpha value is -3.30. The van der Waals surface area contributed by atoms with Crippen molar-refractivity contribution >= 4 is 17.3 Å². The molecule has 25 heavy (non-hydrogen) atoms. The van der Waals surface area contributed by atoms with Gasteiger partial charge >= 0.3 is 12.3 Å². The molecular formula is C15H11F3N2O5. The van der Waals surface area contributed by atoms with Crippen LogP contribution in [-0.2, 0) is 4.79 Å². The molecule has 0 unspecified atom stereocenters. The summed E-state index contributed by atoms with van der Waals surface area (Å²) in [6.45, 7) is -3.78. The number of carbonyl (C=O) groups is 1. The summed E-state index contributed by atoms with van der Waals surface area (Å²) < 4.78 is 47.0. The predicted molar refractivity (Wildman–Crippen MR) is 80.3 cm³/mol. The number of hydrogen-bond donors (Lipinski definition) is 1. The van der Waals surface area contributed by atoms with Crippen LogP contribution in [0.25, 0.3) is 0 Å². The highest BCUT2D eigenvalue weighted by Crippen LogP contribution is 2.28. The molecule has 2 rings (SSSR count). The fraction of sp³-hybridized carbons (Fsp3) is 0.133. The van der Waals surface area contributed by atoms with Crippen LogP contribution in [0.1, 0.15) is 0 Å². The quantitative estimate of drug-likeness (QED) is 0.607. The van der Waals surface area contributed by atoms with Gasteiger partial charge in [-0.05, 0) is 18.2 Å². The topological polar surface area (TPSA) is 90.7 Å². The van der Waals surface area contributed by atoms with Gasteiger partial charge in [-0.1, -0.05) is 12.1 Å². The number of halogens is 3. The second-order valence-electron chi connectivity index (χ2n) is 4.58. The minimum Gasteiger partial charge on any atom is -0.477 e. The first-order chi connectivity index (χ1) is 11.9. The number of anilines is 1. The van der Waals surface area contributed by atoms with Gasteiger partial charge in [0.1, 0.15) is 11.6 Å². The van der Waals surface area contributed by atoms with Gasteiger partial charge in [-0.2, -0.15) is 8.78 Å². The SMILES string of the molecule is O=C(COc1cc(F)ccc1[N+](=O)[O-])Nc1ccccc1OC(F)F. The van der Waals surface area contributed by atoms with Crippen molar-refractivity contribution < 1.29 is 32.4 Å². The Morgan fingerprint density at radius 1 is 1.20 bits per heavy atom. The summed E-state index contributed by atoms with van der Waals surface area (Å²) in [5.41, 5.74) is -0.555. The number of amides is 1. The Labute approximate surface area is 139 Å². The van der Waals surface area contributed by atoms with Crippen molar-refractivity contribution in [2.75, 3.05) is 11.9 Å². The molecule has 132 valence electrons. The third-order valence-corrected chi connectivity index (χ3v) is 2.85. The molecule has 2 aromatic rings. The molecule has 10 heteroatoms. The minimum absolute atomic E-state index is 0.0369. The van der Waals surface area contributed by atoms with Crippen LogP contribution in [0.3, 0.4) is 0 Å². The highest BCUT2D eigenvalue weighted by atomic mass is 19.3. The number of carbonyl (C=O) groups excluding carboxylic acids is 1. The fourth-order valence-corrected chi connectivity index (χ4v) is 1.85. The zero-order valence-corrected chi connectivity index (χ0v) is 12.4. The number of nitro benzene ring substituents is 1. The molecule has 7 nitrogen and oxygen atoms in total. The molecule has 1 N–H and O–H groups in total. The molecule has 0 aromatic heterocycles. The summed E-state index contributed by atoms with van der Waals surface area (Å²) in [6.07, 6.45) is 0. The van der Waals surface area contributed by atoms with E-state index < -0.39 is 41.3 Å². The molecule has 2 aromatic carbocycles. The zero-order chi connectivity index (χ0) is 18.4. The fourth-order valence-electron chi connectivity index (χ4n) is 1.85. The van der Waals surface area contributed by atoms with Crippen molar-refractivity contribution in [3.8, 4) is 11.5 Å². The van der Waals surface area contributed by atoms with Gasteiger partial charge in [0.15, 0.2) is 6.61 Å². The highest BCUT2D eigenvalue weighted by Gasteiger charge is 2.18. The van der Waals surface area contributed by atoms with E-state index in [1.165, 1.54) is 24.3 Å². The second kappa shape index (κ2) is 7.99. The van der Waals surface area contributed by atoms with E-state index in [4.69, 9.17) is 4.74 Å². The van der Waals surface area contributed by atoms with Crippen LogP contribution < -0.4 is 14.8 Å². The van der Waals surface area contributed by atoms with Crippen molar-refractivity contribution in [2.24, 2.45) is 0 Å². The normalized spacial score (nSPS) is 10.4. The van der Waals surface area contributed by atoms with Gasteiger partial charge in [0.2, 0.25) is 5.75 Å². The summed E-state index contributed by atoms with van der Waals surface area (Å²) in [5.74, 6) is -2.28. The summed E-state index contributed by atoms with van der Waals surface area (Å²) in [5, 5.41) is 13.1. The molecule has 0 atom stereocenters. The maximum atomic E-state index is 13.2. The van der Waals surface area contributed by atoms with E-state index in [0.29, 0.717) is 0 Å². The van der Waals surface area contributed by atoms with Gasteiger partial charge in [-0.3, -0.25) is 14.9 Å². The van der Waals surface area contributed by atoms with E-state index >= 15 is 0 Å². The lowest BCUT2D eigenvalue weighted by atomic mass is 10.3. The maximum Gasteiger partial charge on any atom is 0.387 e. The third-order valence-electron chi connectivity index (χ3n) is 2.85. The molecule has 0 fully saturated rings. The predicted octanol–water partition coefficient (Wildman–Crippen LogP) is 3.35. The number of hydrogen-bond acceptors (Lipinski definition) is 5. The Bertz CT molecular complexity index is 786. The van der Waals surface area contributed by atoms with Crippen LogP contribution in [-0.4, -0.2) is 24.0 Å². The summed E-state index contributed by atoms with van der Waals surface area (Å²) in [6, 6.07) is 7.99. The minimum atomic E-state index is -3.08. The van der Waals surface area contributed by atoms with Crippen LogP contribution >= 0.6 is 0 Å². The number of nitro groups is 1. The van der Waals surface area contributed by atoms with E-state index in [-0.39, 0.29) is 11.4 Å². The van der Waals surface area contributed by atoms with Gasteiger partial charge in [0.05, 0.1) is 10.6 Å². The third kappa shape index (κ3) is 5.09. The van der Waals surface area contributed by atoms with E-state index in [1.54, 1.807) is 0 Å². The standard InChI is InChI=1S/C15H11F3N2O5/c16-9-5-6-11(20(22)23)13(7-9)24-8-14(21)19-10-3-1-2-4-12(10)25-15(17)18/h1-7,15H,8H2,(H,19,21). The molecular weight excluding hydrogens is 345 g/mol. The molecule has 0 aliphatic rings. The summed E-state index contributed by atoms with van der Waals surface area (Å²) in [4.78, 5) is 21.9. The van der Waals surface area contributed by atoms with Crippen molar-refractivity contribution in [1.82, 2.24) is 0 Å². The largest absolute Gasteiger partial charge is 0.477 e. The molecule has 1 amide bonds. The molecule has 0 aliphatic carbocycles. The Morgan fingerprint density at radius 2 is 1.92 bits per heavy atom. The van der Waals surface area contributed by atoms with Gasteiger partial charge in [-0.15, -0.1) is 0 Å². The lowest BCUT2D eigenvalue weighted by Crippen LogP contribution is -2.21. The van der Waals surface area contributed by atoms with Gasteiger partial charge < -0.3 is 14.8 Å².